The van der Waals surface area contributed by atoms with Gasteiger partial charge in [-0.2, -0.15) is 0 Å². The maximum atomic E-state index is 4.78. The van der Waals surface area contributed by atoms with Crippen LogP contribution in [0, 0.1) is 0 Å². The van der Waals surface area contributed by atoms with Crippen LogP contribution in [0.1, 0.15) is 12.0 Å². The maximum absolute atomic E-state index is 4.78. The third-order valence-electron chi connectivity index (χ3n) is 2.40. The molecular weight excluding hydrogens is 190 g/mol. The van der Waals surface area contributed by atoms with Crippen molar-refractivity contribution < 1.29 is 4.84 Å². The molecule has 1 aliphatic heterocycles. The number of rotatable bonds is 3. The van der Waals surface area contributed by atoms with Gasteiger partial charge in [0, 0.05) is 12.7 Å². The smallest absolute Gasteiger partial charge is 0.149 e. The van der Waals surface area contributed by atoms with E-state index in [1.807, 2.05) is 12.3 Å². The number of nitrogens with zero attached hydrogens (tertiary/aromatic N) is 1. The van der Waals surface area contributed by atoms with Crippen LogP contribution in [0.5, 0.6) is 0 Å². The van der Waals surface area contributed by atoms with E-state index in [0.717, 1.165) is 25.3 Å². The molecule has 0 aliphatic carbocycles. The fourth-order valence-corrected chi connectivity index (χ4v) is 1.63. The van der Waals surface area contributed by atoms with Gasteiger partial charge in [0.05, 0.1) is 7.11 Å². The lowest BCUT2D eigenvalue weighted by atomic mass is 10.0. The van der Waals surface area contributed by atoms with Gasteiger partial charge in [-0.25, -0.2) is 10.5 Å². The van der Waals surface area contributed by atoms with Crippen molar-refractivity contribution in [2.45, 2.75) is 6.42 Å². The van der Waals surface area contributed by atoms with Gasteiger partial charge in [-0.15, -0.1) is 0 Å². The van der Waals surface area contributed by atoms with E-state index in [0.29, 0.717) is 0 Å². The van der Waals surface area contributed by atoms with Crippen molar-refractivity contribution >= 4 is 11.4 Å². The van der Waals surface area contributed by atoms with Gasteiger partial charge in [0.1, 0.15) is 5.82 Å². The summed E-state index contributed by atoms with van der Waals surface area (Å²) in [5.74, 6) is 0.732. The van der Waals surface area contributed by atoms with Crippen LogP contribution in [-0.2, 0) is 4.84 Å². The lowest BCUT2D eigenvalue weighted by Gasteiger charge is -2.14. The zero-order valence-electron chi connectivity index (χ0n) is 8.79. The van der Waals surface area contributed by atoms with Gasteiger partial charge in [-0.05, 0) is 36.2 Å². The van der Waals surface area contributed by atoms with Gasteiger partial charge in [-0.1, -0.05) is 6.08 Å². The molecule has 2 N–H and O–H groups in total. The zero-order chi connectivity index (χ0) is 10.5. The lowest BCUT2D eigenvalue weighted by molar-refractivity contribution is 0.269. The second-order valence-electron chi connectivity index (χ2n) is 3.42. The molecule has 0 fully saturated rings. The Balaban J connectivity index is 2.12. The number of aromatic nitrogens is 1. The van der Waals surface area contributed by atoms with E-state index in [4.69, 9.17) is 4.84 Å². The zero-order valence-corrected chi connectivity index (χ0v) is 8.79. The molecule has 0 aromatic carbocycles. The number of pyridine rings is 1. The SMILES string of the molecule is CONc1ccc(C2=CCNCC2)cn1. The Morgan fingerprint density at radius 2 is 2.40 bits per heavy atom. The van der Waals surface area contributed by atoms with Crippen LogP contribution in [-0.4, -0.2) is 25.2 Å². The Bertz CT molecular complexity index is 345. The summed E-state index contributed by atoms with van der Waals surface area (Å²) in [5.41, 5.74) is 5.25. The van der Waals surface area contributed by atoms with E-state index in [9.17, 15) is 0 Å². The van der Waals surface area contributed by atoms with Crippen molar-refractivity contribution in [1.29, 1.82) is 0 Å². The van der Waals surface area contributed by atoms with Crippen molar-refractivity contribution in [1.82, 2.24) is 10.3 Å². The Morgan fingerprint density at radius 1 is 1.47 bits per heavy atom. The predicted molar refractivity (Wildman–Crippen MR) is 60.3 cm³/mol. The molecule has 0 unspecified atom stereocenters. The molecule has 0 atom stereocenters. The molecule has 15 heavy (non-hydrogen) atoms. The van der Waals surface area contributed by atoms with Gasteiger partial charge in [0.2, 0.25) is 0 Å². The Kier molecular flexibility index (Phi) is 3.32. The van der Waals surface area contributed by atoms with Crippen molar-refractivity contribution in [3.05, 3.63) is 30.0 Å². The molecule has 0 amide bonds. The van der Waals surface area contributed by atoms with Crippen LogP contribution >= 0.6 is 0 Å². The van der Waals surface area contributed by atoms with Crippen LogP contribution < -0.4 is 10.8 Å². The summed E-state index contributed by atoms with van der Waals surface area (Å²) < 4.78 is 0. The molecule has 1 aliphatic rings. The number of hydrogen-bond donors (Lipinski definition) is 2. The minimum atomic E-state index is 0.732. The second kappa shape index (κ2) is 4.91. The Hall–Kier alpha value is -1.39. The topological polar surface area (TPSA) is 46.2 Å². The van der Waals surface area contributed by atoms with Gasteiger partial charge >= 0.3 is 0 Å². The minimum Gasteiger partial charge on any atom is -0.313 e. The summed E-state index contributed by atoms with van der Waals surface area (Å²) in [7, 11) is 1.57. The Morgan fingerprint density at radius 3 is 3.00 bits per heavy atom. The summed E-state index contributed by atoms with van der Waals surface area (Å²) in [5, 5.41) is 3.29. The molecule has 0 bridgehead atoms. The first-order valence-electron chi connectivity index (χ1n) is 5.05. The summed E-state index contributed by atoms with van der Waals surface area (Å²) in [6.45, 7) is 2.00. The third kappa shape index (κ3) is 2.55. The summed E-state index contributed by atoms with van der Waals surface area (Å²) in [6, 6.07) is 3.98. The van der Waals surface area contributed by atoms with Gasteiger partial charge in [0.25, 0.3) is 0 Å². The second-order valence-corrected chi connectivity index (χ2v) is 3.42. The quantitative estimate of drug-likeness (QED) is 0.733. The average Bonchev–Trinajstić information content (AvgIpc) is 2.32. The van der Waals surface area contributed by atoms with Crippen LogP contribution in [0.4, 0.5) is 5.82 Å². The van der Waals surface area contributed by atoms with E-state index in [1.165, 1.54) is 11.1 Å². The van der Waals surface area contributed by atoms with Gasteiger partial charge in [-0.3, -0.25) is 4.84 Å². The van der Waals surface area contributed by atoms with Crippen molar-refractivity contribution in [2.75, 3.05) is 25.7 Å². The maximum Gasteiger partial charge on any atom is 0.149 e. The number of anilines is 1. The summed E-state index contributed by atoms with van der Waals surface area (Å²) >= 11 is 0. The van der Waals surface area contributed by atoms with Crippen molar-refractivity contribution in [3.63, 3.8) is 0 Å². The molecule has 2 heterocycles. The number of nitrogens with one attached hydrogen (secondary N) is 2. The van der Waals surface area contributed by atoms with E-state index in [-0.39, 0.29) is 0 Å². The van der Waals surface area contributed by atoms with Crippen LogP contribution in [0.2, 0.25) is 0 Å². The highest BCUT2D eigenvalue weighted by Gasteiger charge is 2.05. The summed E-state index contributed by atoms with van der Waals surface area (Å²) in [4.78, 5) is 9.02. The lowest BCUT2D eigenvalue weighted by Crippen LogP contribution is -2.20. The van der Waals surface area contributed by atoms with Crippen LogP contribution in [0.15, 0.2) is 24.4 Å². The van der Waals surface area contributed by atoms with Crippen molar-refractivity contribution in [3.8, 4) is 0 Å². The van der Waals surface area contributed by atoms with E-state index >= 15 is 0 Å². The molecule has 1 aromatic heterocycles. The molecule has 2 rings (SSSR count). The molecular formula is C11H15N3O. The first kappa shape index (κ1) is 10.1. The molecule has 4 heteroatoms. The van der Waals surface area contributed by atoms with Gasteiger partial charge < -0.3 is 5.32 Å². The predicted octanol–water partition coefficient (Wildman–Crippen LogP) is 1.43. The van der Waals surface area contributed by atoms with E-state index in [1.54, 1.807) is 7.11 Å². The molecule has 80 valence electrons. The molecule has 0 radical (unpaired) electrons. The highest BCUT2D eigenvalue weighted by molar-refractivity contribution is 5.66. The highest BCUT2D eigenvalue weighted by atomic mass is 16.6. The fourth-order valence-electron chi connectivity index (χ4n) is 1.63. The standard InChI is InChI=1S/C11H15N3O/c1-15-14-11-3-2-10(8-13-11)9-4-6-12-7-5-9/h2-4,8,12H,5-7H2,1H3,(H,13,14). The van der Waals surface area contributed by atoms with Crippen LogP contribution in [0.25, 0.3) is 5.57 Å². The van der Waals surface area contributed by atoms with E-state index < -0.39 is 0 Å². The van der Waals surface area contributed by atoms with Crippen molar-refractivity contribution in [2.24, 2.45) is 0 Å². The van der Waals surface area contributed by atoms with Crippen LogP contribution in [0.3, 0.4) is 0 Å². The van der Waals surface area contributed by atoms with E-state index in [2.05, 4.69) is 27.9 Å². The molecule has 0 saturated carbocycles. The number of hydrogen-bond acceptors (Lipinski definition) is 4. The highest BCUT2D eigenvalue weighted by Crippen LogP contribution is 2.19. The normalized spacial score (nSPS) is 15.9. The largest absolute Gasteiger partial charge is 0.313 e. The van der Waals surface area contributed by atoms with Gasteiger partial charge in [0.15, 0.2) is 0 Å². The minimum absolute atomic E-state index is 0.732. The molecule has 0 spiro atoms. The monoisotopic (exact) mass is 205 g/mol. The molecule has 1 aromatic rings. The summed E-state index contributed by atoms with van der Waals surface area (Å²) in [6.07, 6.45) is 5.15. The molecule has 0 saturated heterocycles. The first-order chi connectivity index (χ1) is 7.40. The average molecular weight is 205 g/mol. The Labute approximate surface area is 89.3 Å². The fraction of sp³-hybridized carbons (Fsp3) is 0.364. The molecule has 4 nitrogen and oxygen atoms in total. The third-order valence-corrected chi connectivity index (χ3v) is 2.40. The first-order valence-corrected chi connectivity index (χ1v) is 5.05.